The number of hydrogen-bond donors (Lipinski definition) is 0. The first-order chi connectivity index (χ1) is 13.7. The Kier molecular flexibility index (Phi) is 6.96. The van der Waals surface area contributed by atoms with Crippen molar-refractivity contribution in [1.82, 2.24) is 0 Å². The molecule has 0 unspecified atom stereocenters. The number of hydrogen-bond acceptors (Lipinski definition) is 4. The van der Waals surface area contributed by atoms with E-state index in [0.29, 0.717) is 37.2 Å². The van der Waals surface area contributed by atoms with Gasteiger partial charge in [-0.3, -0.25) is 0 Å². The van der Waals surface area contributed by atoms with E-state index in [4.69, 9.17) is 9.47 Å². The van der Waals surface area contributed by atoms with E-state index in [-0.39, 0.29) is 11.9 Å². The standard InChI is InChI=1S/C24H22O4/c25-23(21-7-3-1-4-8-21)27-17-15-19-11-13-20(14-12-19)16-18-28-24(26)22-9-5-2-6-10-22/h1-14H,15-18H2. The van der Waals surface area contributed by atoms with Crippen molar-refractivity contribution < 1.29 is 19.1 Å². The van der Waals surface area contributed by atoms with E-state index in [1.165, 1.54) is 0 Å². The second kappa shape index (κ2) is 10.1. The zero-order valence-electron chi connectivity index (χ0n) is 15.5. The highest BCUT2D eigenvalue weighted by Gasteiger charge is 2.07. The lowest BCUT2D eigenvalue weighted by molar-refractivity contribution is 0.0499. The molecule has 3 aromatic rings. The zero-order chi connectivity index (χ0) is 19.6. The summed E-state index contributed by atoms with van der Waals surface area (Å²) in [7, 11) is 0. The van der Waals surface area contributed by atoms with Gasteiger partial charge < -0.3 is 9.47 Å². The second-order valence-corrected chi connectivity index (χ2v) is 6.32. The molecule has 0 saturated carbocycles. The molecular weight excluding hydrogens is 352 g/mol. The fourth-order valence-corrected chi connectivity index (χ4v) is 2.71. The predicted molar refractivity (Wildman–Crippen MR) is 107 cm³/mol. The topological polar surface area (TPSA) is 52.6 Å². The van der Waals surface area contributed by atoms with Crippen LogP contribution in [-0.2, 0) is 22.3 Å². The van der Waals surface area contributed by atoms with Crippen LogP contribution in [0.4, 0.5) is 0 Å². The van der Waals surface area contributed by atoms with Crippen LogP contribution in [0, 0.1) is 0 Å². The molecular formula is C24H22O4. The molecule has 0 aliphatic carbocycles. The Labute approximate surface area is 164 Å². The van der Waals surface area contributed by atoms with E-state index in [0.717, 1.165) is 11.1 Å². The molecule has 0 amide bonds. The number of esters is 2. The summed E-state index contributed by atoms with van der Waals surface area (Å²) in [6, 6.07) is 25.9. The Morgan fingerprint density at radius 2 is 0.893 bits per heavy atom. The molecule has 4 heteroatoms. The number of ether oxygens (including phenoxy) is 2. The highest BCUT2D eigenvalue weighted by molar-refractivity contribution is 5.89. The van der Waals surface area contributed by atoms with Gasteiger partial charge in [-0.15, -0.1) is 0 Å². The van der Waals surface area contributed by atoms with Gasteiger partial charge in [0.15, 0.2) is 0 Å². The Hall–Kier alpha value is -3.40. The van der Waals surface area contributed by atoms with E-state index >= 15 is 0 Å². The van der Waals surface area contributed by atoms with Crippen LogP contribution >= 0.6 is 0 Å². The van der Waals surface area contributed by atoms with Crippen LogP contribution in [0.5, 0.6) is 0 Å². The molecule has 0 aliphatic rings. The summed E-state index contributed by atoms with van der Waals surface area (Å²) in [5, 5.41) is 0. The summed E-state index contributed by atoms with van der Waals surface area (Å²) in [5.41, 5.74) is 3.29. The van der Waals surface area contributed by atoms with Crippen LogP contribution < -0.4 is 0 Å². The lowest BCUT2D eigenvalue weighted by Crippen LogP contribution is -2.08. The van der Waals surface area contributed by atoms with Gasteiger partial charge in [0.2, 0.25) is 0 Å². The van der Waals surface area contributed by atoms with Gasteiger partial charge in [-0.25, -0.2) is 9.59 Å². The first kappa shape index (κ1) is 19.4. The third kappa shape index (κ3) is 5.81. The van der Waals surface area contributed by atoms with E-state index < -0.39 is 0 Å². The van der Waals surface area contributed by atoms with Gasteiger partial charge in [-0.1, -0.05) is 60.7 Å². The molecule has 0 aromatic heterocycles. The molecule has 0 N–H and O–H groups in total. The van der Waals surface area contributed by atoms with Gasteiger partial charge in [0.1, 0.15) is 0 Å². The fourth-order valence-electron chi connectivity index (χ4n) is 2.71. The lowest BCUT2D eigenvalue weighted by atomic mass is 10.1. The van der Waals surface area contributed by atoms with Gasteiger partial charge in [-0.05, 0) is 35.4 Å². The summed E-state index contributed by atoms with van der Waals surface area (Å²) in [6.07, 6.45) is 1.31. The largest absolute Gasteiger partial charge is 0.462 e. The minimum atomic E-state index is -0.308. The van der Waals surface area contributed by atoms with Crippen molar-refractivity contribution in [2.24, 2.45) is 0 Å². The van der Waals surface area contributed by atoms with Crippen molar-refractivity contribution in [3.05, 3.63) is 107 Å². The Balaban J connectivity index is 1.39. The minimum Gasteiger partial charge on any atom is -0.462 e. The van der Waals surface area contributed by atoms with Gasteiger partial charge in [0.05, 0.1) is 24.3 Å². The third-order valence-electron chi connectivity index (χ3n) is 4.29. The Morgan fingerprint density at radius 3 is 1.25 bits per heavy atom. The van der Waals surface area contributed by atoms with E-state index in [1.54, 1.807) is 24.3 Å². The predicted octanol–water partition coefficient (Wildman–Crippen LogP) is 4.49. The van der Waals surface area contributed by atoms with Crippen molar-refractivity contribution >= 4 is 11.9 Å². The molecule has 0 heterocycles. The minimum absolute atomic E-state index is 0.308. The summed E-state index contributed by atoms with van der Waals surface area (Å²) in [5.74, 6) is -0.616. The van der Waals surface area contributed by atoms with Gasteiger partial charge >= 0.3 is 11.9 Å². The molecule has 0 aliphatic heterocycles. The van der Waals surface area contributed by atoms with Crippen molar-refractivity contribution in [3.63, 3.8) is 0 Å². The smallest absolute Gasteiger partial charge is 0.338 e. The van der Waals surface area contributed by atoms with E-state index in [2.05, 4.69) is 0 Å². The summed E-state index contributed by atoms with van der Waals surface area (Å²) < 4.78 is 10.6. The monoisotopic (exact) mass is 374 g/mol. The van der Waals surface area contributed by atoms with Crippen LogP contribution in [-0.4, -0.2) is 25.2 Å². The number of benzene rings is 3. The molecule has 28 heavy (non-hydrogen) atoms. The van der Waals surface area contributed by atoms with Crippen molar-refractivity contribution in [1.29, 1.82) is 0 Å². The molecule has 4 nitrogen and oxygen atoms in total. The normalized spacial score (nSPS) is 10.3. The quantitative estimate of drug-likeness (QED) is 0.545. The molecule has 3 rings (SSSR count). The maximum atomic E-state index is 11.9. The summed E-state index contributed by atoms with van der Waals surface area (Å²) >= 11 is 0. The Bertz CT molecular complexity index is 810. The zero-order valence-corrected chi connectivity index (χ0v) is 15.5. The van der Waals surface area contributed by atoms with Crippen molar-refractivity contribution in [3.8, 4) is 0 Å². The highest BCUT2D eigenvalue weighted by Crippen LogP contribution is 2.08. The number of rotatable bonds is 8. The van der Waals surface area contributed by atoms with Crippen LogP contribution in [0.25, 0.3) is 0 Å². The van der Waals surface area contributed by atoms with E-state index in [9.17, 15) is 9.59 Å². The molecule has 3 aromatic carbocycles. The van der Waals surface area contributed by atoms with Crippen LogP contribution in [0.15, 0.2) is 84.9 Å². The fraction of sp³-hybridized carbons (Fsp3) is 0.167. The first-order valence-corrected chi connectivity index (χ1v) is 9.24. The third-order valence-corrected chi connectivity index (χ3v) is 4.29. The average molecular weight is 374 g/mol. The van der Waals surface area contributed by atoms with Crippen molar-refractivity contribution in [2.75, 3.05) is 13.2 Å². The molecule has 0 saturated heterocycles. The average Bonchev–Trinajstić information content (AvgIpc) is 2.76. The van der Waals surface area contributed by atoms with E-state index in [1.807, 2.05) is 60.7 Å². The van der Waals surface area contributed by atoms with Gasteiger partial charge in [0.25, 0.3) is 0 Å². The number of carbonyl (C=O) groups excluding carboxylic acids is 2. The number of carbonyl (C=O) groups is 2. The molecule has 0 bridgehead atoms. The summed E-state index contributed by atoms with van der Waals surface area (Å²) in [6.45, 7) is 0.670. The van der Waals surface area contributed by atoms with Crippen molar-refractivity contribution in [2.45, 2.75) is 12.8 Å². The summed E-state index contributed by atoms with van der Waals surface area (Å²) in [4.78, 5) is 23.8. The SMILES string of the molecule is O=C(OCCc1ccc(CCOC(=O)c2ccccc2)cc1)c1ccccc1. The molecule has 0 atom stereocenters. The molecule has 0 radical (unpaired) electrons. The molecule has 142 valence electrons. The first-order valence-electron chi connectivity index (χ1n) is 9.24. The van der Waals surface area contributed by atoms with Gasteiger partial charge in [0, 0.05) is 12.8 Å². The lowest BCUT2D eigenvalue weighted by Gasteiger charge is -2.07. The second-order valence-electron chi connectivity index (χ2n) is 6.32. The Morgan fingerprint density at radius 1 is 0.536 bits per heavy atom. The maximum absolute atomic E-state index is 11.9. The molecule has 0 fully saturated rings. The van der Waals surface area contributed by atoms with Gasteiger partial charge in [-0.2, -0.15) is 0 Å². The maximum Gasteiger partial charge on any atom is 0.338 e. The van der Waals surface area contributed by atoms with Crippen LogP contribution in [0.3, 0.4) is 0 Å². The molecule has 0 spiro atoms. The van der Waals surface area contributed by atoms with Crippen LogP contribution in [0.2, 0.25) is 0 Å². The highest BCUT2D eigenvalue weighted by atomic mass is 16.5. The van der Waals surface area contributed by atoms with Crippen LogP contribution in [0.1, 0.15) is 31.8 Å².